The fourth-order valence-corrected chi connectivity index (χ4v) is 2.34. The van der Waals surface area contributed by atoms with Gasteiger partial charge >= 0.3 is 0 Å². The van der Waals surface area contributed by atoms with E-state index >= 15 is 0 Å². The Bertz CT molecular complexity index is 667. The second kappa shape index (κ2) is 10.5. The molecular weight excluding hydrogens is 328 g/mol. The van der Waals surface area contributed by atoms with Gasteiger partial charge in [-0.3, -0.25) is 4.79 Å². The second-order valence-electron chi connectivity index (χ2n) is 6.34. The van der Waals surface area contributed by atoms with Crippen molar-refractivity contribution in [3.8, 4) is 11.5 Å². The minimum absolute atomic E-state index is 0.0769. The van der Waals surface area contributed by atoms with Crippen molar-refractivity contribution in [1.82, 2.24) is 5.32 Å². The van der Waals surface area contributed by atoms with Crippen LogP contribution in [0.4, 0.5) is 5.69 Å². The third-order valence-corrected chi connectivity index (χ3v) is 3.52. The number of hydrogen-bond acceptors (Lipinski definition) is 4. The minimum atomic E-state index is -0.0769. The zero-order valence-electron chi connectivity index (χ0n) is 15.7. The topological polar surface area (TPSA) is 59.6 Å². The number of nitrogens with one attached hydrogen (secondary N) is 2. The predicted molar refractivity (Wildman–Crippen MR) is 105 cm³/mol. The van der Waals surface area contributed by atoms with E-state index in [0.717, 1.165) is 29.2 Å². The number of anilines is 1. The van der Waals surface area contributed by atoms with E-state index in [0.29, 0.717) is 13.2 Å². The van der Waals surface area contributed by atoms with Gasteiger partial charge in [-0.2, -0.15) is 0 Å². The maximum atomic E-state index is 12.0. The van der Waals surface area contributed by atoms with Crippen LogP contribution in [0.2, 0.25) is 0 Å². The van der Waals surface area contributed by atoms with Crippen LogP contribution in [0.25, 0.3) is 0 Å². The first-order chi connectivity index (χ1) is 12.6. The molecule has 2 rings (SSSR count). The van der Waals surface area contributed by atoms with E-state index in [9.17, 15) is 4.79 Å². The molecule has 0 aliphatic heterocycles. The summed E-state index contributed by atoms with van der Waals surface area (Å²) < 4.78 is 11.1. The lowest BCUT2D eigenvalue weighted by atomic mass is 10.2. The van der Waals surface area contributed by atoms with Gasteiger partial charge in [0.15, 0.2) is 0 Å². The van der Waals surface area contributed by atoms with E-state index < -0.39 is 0 Å². The number of rotatable bonds is 10. The first-order valence-corrected chi connectivity index (χ1v) is 9.06. The van der Waals surface area contributed by atoms with Gasteiger partial charge in [0.05, 0.1) is 19.3 Å². The number of amides is 1. The average Bonchev–Trinajstić information content (AvgIpc) is 2.62. The molecule has 1 amide bonds. The third-order valence-electron chi connectivity index (χ3n) is 3.52. The molecule has 0 radical (unpaired) electrons. The largest absolute Gasteiger partial charge is 0.494 e. The summed E-state index contributed by atoms with van der Waals surface area (Å²) >= 11 is 0. The Kier molecular flexibility index (Phi) is 7.96. The molecule has 0 saturated carbocycles. The van der Waals surface area contributed by atoms with Crippen LogP contribution in [0, 0.1) is 0 Å². The quantitative estimate of drug-likeness (QED) is 0.676. The lowest BCUT2D eigenvalue weighted by Crippen LogP contribution is -2.27. The number of carbonyl (C=O) groups excluding carboxylic acids is 1. The molecule has 0 aliphatic rings. The zero-order chi connectivity index (χ0) is 18.8. The first-order valence-electron chi connectivity index (χ1n) is 9.06. The highest BCUT2D eigenvalue weighted by Crippen LogP contribution is 2.16. The monoisotopic (exact) mass is 356 g/mol. The van der Waals surface area contributed by atoms with Gasteiger partial charge < -0.3 is 20.1 Å². The van der Waals surface area contributed by atoms with Gasteiger partial charge in [0.1, 0.15) is 11.5 Å². The van der Waals surface area contributed by atoms with Crippen LogP contribution >= 0.6 is 0 Å². The van der Waals surface area contributed by atoms with E-state index in [2.05, 4.69) is 17.6 Å². The molecule has 0 heterocycles. The van der Waals surface area contributed by atoms with E-state index in [1.807, 2.05) is 62.4 Å². The highest BCUT2D eigenvalue weighted by atomic mass is 16.5. The Balaban J connectivity index is 1.71. The van der Waals surface area contributed by atoms with Crippen molar-refractivity contribution in [2.24, 2.45) is 0 Å². The molecule has 0 spiro atoms. The molecular formula is C21H28N2O3. The summed E-state index contributed by atoms with van der Waals surface area (Å²) in [6.07, 6.45) is 1.13. The number of carbonyl (C=O) groups is 1. The molecule has 0 fully saturated rings. The van der Waals surface area contributed by atoms with Crippen molar-refractivity contribution in [3.05, 3.63) is 54.1 Å². The van der Waals surface area contributed by atoms with Gasteiger partial charge in [-0.15, -0.1) is 0 Å². The van der Waals surface area contributed by atoms with Gasteiger partial charge in [0.25, 0.3) is 0 Å². The maximum absolute atomic E-state index is 12.0. The molecule has 2 N–H and O–H groups in total. The third kappa shape index (κ3) is 7.15. The predicted octanol–water partition coefficient (Wildman–Crippen LogP) is 3.99. The van der Waals surface area contributed by atoms with Crippen molar-refractivity contribution in [2.75, 3.05) is 18.5 Å². The normalized spacial score (nSPS) is 10.6. The Morgan fingerprint density at radius 3 is 2.27 bits per heavy atom. The number of ether oxygens (including phenoxy) is 2. The summed E-state index contributed by atoms with van der Waals surface area (Å²) in [5, 5.41) is 6.01. The van der Waals surface area contributed by atoms with Crippen molar-refractivity contribution in [3.63, 3.8) is 0 Å². The highest BCUT2D eigenvalue weighted by Gasteiger charge is 2.03. The van der Waals surface area contributed by atoms with E-state index in [4.69, 9.17) is 9.47 Å². The lowest BCUT2D eigenvalue weighted by Gasteiger charge is -2.11. The van der Waals surface area contributed by atoms with E-state index in [-0.39, 0.29) is 18.6 Å². The molecule has 0 atom stereocenters. The Morgan fingerprint density at radius 1 is 1.00 bits per heavy atom. The molecule has 140 valence electrons. The zero-order valence-corrected chi connectivity index (χ0v) is 15.7. The second-order valence-corrected chi connectivity index (χ2v) is 6.34. The summed E-state index contributed by atoms with van der Waals surface area (Å²) in [5.74, 6) is 1.59. The van der Waals surface area contributed by atoms with Gasteiger partial charge in [0, 0.05) is 12.2 Å². The Labute approximate surface area is 155 Å². The van der Waals surface area contributed by atoms with E-state index in [1.54, 1.807) is 0 Å². The fourth-order valence-electron chi connectivity index (χ4n) is 2.34. The van der Waals surface area contributed by atoms with Crippen LogP contribution in [0.3, 0.4) is 0 Å². The smallest absolute Gasteiger partial charge is 0.238 e. The molecule has 0 aromatic heterocycles. The summed E-state index contributed by atoms with van der Waals surface area (Å²) in [6.45, 7) is 7.63. The van der Waals surface area contributed by atoms with Crippen molar-refractivity contribution in [2.45, 2.75) is 39.8 Å². The van der Waals surface area contributed by atoms with Crippen molar-refractivity contribution in [1.29, 1.82) is 0 Å². The van der Waals surface area contributed by atoms with Crippen LogP contribution in [-0.2, 0) is 11.3 Å². The molecule has 26 heavy (non-hydrogen) atoms. The van der Waals surface area contributed by atoms with Gasteiger partial charge in [-0.25, -0.2) is 0 Å². The molecule has 5 nitrogen and oxygen atoms in total. The summed E-state index contributed by atoms with van der Waals surface area (Å²) in [7, 11) is 0. The van der Waals surface area contributed by atoms with Crippen LogP contribution in [-0.4, -0.2) is 25.2 Å². The minimum Gasteiger partial charge on any atom is -0.494 e. The fraction of sp³-hybridized carbons (Fsp3) is 0.381. The van der Waals surface area contributed by atoms with Crippen LogP contribution in [0.1, 0.15) is 32.8 Å². The molecule has 0 bridgehead atoms. The van der Waals surface area contributed by atoms with E-state index in [1.165, 1.54) is 0 Å². The summed E-state index contributed by atoms with van der Waals surface area (Å²) in [6, 6.07) is 15.3. The van der Waals surface area contributed by atoms with Crippen LogP contribution < -0.4 is 20.1 Å². The standard InChI is InChI=1S/C21H28N2O3/c1-4-13-25-19-11-7-18(8-12-19)23-21(24)15-22-14-17-5-9-20(10-6-17)26-16(2)3/h5-12,16,22H,4,13-15H2,1-3H3,(H,23,24). The molecule has 2 aromatic rings. The molecule has 0 saturated heterocycles. The first kappa shape index (κ1) is 19.8. The van der Waals surface area contributed by atoms with Gasteiger partial charge in [0.2, 0.25) is 5.91 Å². The summed E-state index contributed by atoms with van der Waals surface area (Å²) in [4.78, 5) is 12.0. The van der Waals surface area contributed by atoms with Crippen LogP contribution in [0.5, 0.6) is 11.5 Å². The maximum Gasteiger partial charge on any atom is 0.238 e. The molecule has 2 aromatic carbocycles. The van der Waals surface area contributed by atoms with Gasteiger partial charge in [-0.1, -0.05) is 19.1 Å². The van der Waals surface area contributed by atoms with Crippen molar-refractivity contribution < 1.29 is 14.3 Å². The van der Waals surface area contributed by atoms with Gasteiger partial charge in [-0.05, 0) is 62.2 Å². The highest BCUT2D eigenvalue weighted by molar-refractivity contribution is 5.92. The molecule has 5 heteroatoms. The average molecular weight is 356 g/mol. The van der Waals surface area contributed by atoms with Crippen molar-refractivity contribution >= 4 is 11.6 Å². The Hall–Kier alpha value is -2.53. The SMILES string of the molecule is CCCOc1ccc(NC(=O)CNCc2ccc(OC(C)C)cc2)cc1. The lowest BCUT2D eigenvalue weighted by molar-refractivity contribution is -0.115. The number of benzene rings is 2. The van der Waals surface area contributed by atoms with Crippen LogP contribution in [0.15, 0.2) is 48.5 Å². The molecule has 0 aliphatic carbocycles. The molecule has 0 unspecified atom stereocenters. The number of hydrogen-bond donors (Lipinski definition) is 2. The summed E-state index contributed by atoms with van der Waals surface area (Å²) in [5.41, 5.74) is 1.86. The Morgan fingerprint density at radius 2 is 1.65 bits per heavy atom.